The van der Waals surface area contributed by atoms with Gasteiger partial charge in [0.1, 0.15) is 11.6 Å². The van der Waals surface area contributed by atoms with Crippen molar-refractivity contribution in [1.29, 1.82) is 0 Å². The van der Waals surface area contributed by atoms with Gasteiger partial charge in [0, 0.05) is 44.5 Å². The molecule has 0 aromatic carbocycles. The molecular weight excluding hydrogens is 461 g/mol. The molecule has 2 aliphatic rings. The van der Waals surface area contributed by atoms with Crippen molar-refractivity contribution < 1.29 is 61.8 Å². The summed E-state index contributed by atoms with van der Waals surface area (Å²) < 4.78 is 0. The van der Waals surface area contributed by atoms with Crippen molar-refractivity contribution in [2.75, 3.05) is 0 Å². The van der Waals surface area contributed by atoms with E-state index in [9.17, 15) is 14.4 Å². The van der Waals surface area contributed by atoms with Gasteiger partial charge in [-0.2, -0.15) is 9.59 Å². The van der Waals surface area contributed by atoms with Crippen molar-refractivity contribution in [3.63, 3.8) is 0 Å². The molecule has 179 valence electrons. The number of carbonyl (C=O) groups is 3. The molecule has 3 atom stereocenters. The van der Waals surface area contributed by atoms with Crippen LogP contribution >= 0.6 is 0 Å². The summed E-state index contributed by atoms with van der Waals surface area (Å²) >= 11 is 0. The number of aliphatic carboxylic acids is 1. The minimum atomic E-state index is -0.974. The van der Waals surface area contributed by atoms with E-state index < -0.39 is 17.8 Å². The Labute approximate surface area is 211 Å². The monoisotopic (exact) mass is 509 g/mol. The Morgan fingerprint density at radius 3 is 1.17 bits per heavy atom. The van der Waals surface area contributed by atoms with Gasteiger partial charge < -0.3 is 5.11 Å². The Morgan fingerprint density at radius 2 is 1.03 bits per heavy atom. The van der Waals surface area contributed by atoms with Gasteiger partial charge >= 0.3 is 12.1 Å². The molecule has 0 saturated heterocycles. The molecule has 0 aromatic heterocycles. The quantitative estimate of drug-likeness (QED) is 0.484. The molecule has 1 N–H and O–H groups in total. The standard InChI is InChI=1S/C9H12O4.C4H8.2C3H8.CO2.3CH4.Y/c1-4(10)6-3-7(9(12)13)8(6)5(2)11;1-2-4-3-1;2*1-3-2;2-1-3;;;;/h6-8H,3H2,1-2H3,(H,12,13);1-4H2;2*3H2,1-2H3;;3*1H4;. The third kappa shape index (κ3) is 25.3. The smallest absolute Gasteiger partial charge is 0.373 e. The average molecular weight is 510 g/mol. The maximum absolute atomic E-state index is 11.0. The Morgan fingerprint density at radius 1 is 0.767 bits per heavy atom. The summed E-state index contributed by atoms with van der Waals surface area (Å²) in [5, 5.41) is 8.69. The van der Waals surface area contributed by atoms with Gasteiger partial charge in [-0.25, -0.2) is 0 Å². The number of hydrogen-bond acceptors (Lipinski definition) is 5. The van der Waals surface area contributed by atoms with Crippen LogP contribution in [0.4, 0.5) is 0 Å². The van der Waals surface area contributed by atoms with Crippen LogP contribution in [0.5, 0.6) is 0 Å². The number of carboxylic acids is 1. The van der Waals surface area contributed by atoms with Gasteiger partial charge in [0.05, 0.1) is 5.92 Å². The molecule has 2 aliphatic carbocycles. The van der Waals surface area contributed by atoms with E-state index in [-0.39, 0.29) is 78.6 Å². The summed E-state index contributed by atoms with van der Waals surface area (Å²) in [7, 11) is 0. The second kappa shape index (κ2) is 32.9. The predicted octanol–water partition coefficient (Wildman–Crippen LogP) is 6.22. The third-order valence-corrected chi connectivity index (χ3v) is 3.68. The minimum absolute atomic E-state index is 0. The first-order valence-electron chi connectivity index (χ1n) is 9.42. The fraction of sp³-hybridized carbons (Fsp3) is 0.826. The van der Waals surface area contributed by atoms with Crippen LogP contribution in [0.1, 0.15) is 109 Å². The third-order valence-electron chi connectivity index (χ3n) is 3.68. The van der Waals surface area contributed by atoms with E-state index >= 15 is 0 Å². The van der Waals surface area contributed by atoms with Gasteiger partial charge in [0.2, 0.25) is 0 Å². The second-order valence-corrected chi connectivity index (χ2v) is 6.45. The molecule has 3 unspecified atom stereocenters. The zero-order chi connectivity index (χ0) is 21.1. The summed E-state index contributed by atoms with van der Waals surface area (Å²) in [6.45, 7) is 11.2. The summed E-state index contributed by atoms with van der Waals surface area (Å²) in [6.07, 6.45) is 9.06. The van der Waals surface area contributed by atoms with Crippen molar-refractivity contribution in [2.45, 2.75) is 109 Å². The number of Topliss-reactive ketones (excluding diaryl/α,β-unsaturated/α-hetero) is 2. The summed E-state index contributed by atoms with van der Waals surface area (Å²) in [5.41, 5.74) is 0. The van der Waals surface area contributed by atoms with Crippen molar-refractivity contribution in [3.05, 3.63) is 0 Å². The number of hydrogen-bond donors (Lipinski definition) is 1. The molecule has 30 heavy (non-hydrogen) atoms. The van der Waals surface area contributed by atoms with Crippen LogP contribution in [-0.4, -0.2) is 28.8 Å². The number of carboxylic acid groups (broad SMARTS) is 1. The first kappa shape index (κ1) is 47.2. The Balaban J connectivity index is -0.0000000525. The Kier molecular flexibility index (Phi) is 51.8. The average Bonchev–Trinajstić information content (AvgIpc) is 2.36. The van der Waals surface area contributed by atoms with Crippen LogP contribution in [0.2, 0.25) is 0 Å². The number of rotatable bonds is 3. The maximum atomic E-state index is 11.0. The molecule has 0 amide bonds. The topological polar surface area (TPSA) is 106 Å². The molecule has 1 radical (unpaired) electrons. The molecule has 2 fully saturated rings. The molecule has 0 bridgehead atoms. The number of ketones is 2. The van der Waals surface area contributed by atoms with Gasteiger partial charge in [-0.15, -0.1) is 0 Å². The van der Waals surface area contributed by atoms with E-state index in [0.717, 1.165) is 0 Å². The molecule has 6 nitrogen and oxygen atoms in total. The first-order chi connectivity index (χ1) is 12.2. The van der Waals surface area contributed by atoms with Crippen LogP contribution < -0.4 is 0 Å². The zero-order valence-corrected chi connectivity index (χ0v) is 20.6. The summed E-state index contributed by atoms with van der Waals surface area (Å²) in [4.78, 5) is 48.9. The van der Waals surface area contributed by atoms with Crippen LogP contribution in [0.25, 0.3) is 0 Å². The summed E-state index contributed by atoms with van der Waals surface area (Å²) in [6, 6.07) is 0. The van der Waals surface area contributed by atoms with Crippen molar-refractivity contribution in [3.8, 4) is 0 Å². The summed E-state index contributed by atoms with van der Waals surface area (Å²) in [5.74, 6) is -2.85. The molecule has 0 heterocycles. The fourth-order valence-corrected chi connectivity index (χ4v) is 2.14. The van der Waals surface area contributed by atoms with E-state index in [1.165, 1.54) is 52.4 Å². The molecule has 7 heteroatoms. The van der Waals surface area contributed by atoms with Crippen molar-refractivity contribution in [2.24, 2.45) is 17.8 Å². The molecule has 2 rings (SSSR count). The second-order valence-electron chi connectivity index (χ2n) is 6.45. The van der Waals surface area contributed by atoms with Crippen LogP contribution in [-0.2, 0) is 56.7 Å². The predicted molar refractivity (Wildman–Crippen MR) is 120 cm³/mol. The zero-order valence-electron chi connectivity index (χ0n) is 17.7. The minimum Gasteiger partial charge on any atom is -0.481 e. The van der Waals surface area contributed by atoms with E-state index in [1.807, 2.05) is 0 Å². The van der Waals surface area contributed by atoms with Gasteiger partial charge in [0.25, 0.3) is 0 Å². The molecular formula is C23H48O6Y. The van der Waals surface area contributed by atoms with Gasteiger partial charge in [-0.3, -0.25) is 14.4 Å². The SMILES string of the molecule is C.C.C.C1CCC1.CC(=O)C1CC(C(=O)O)C1C(C)=O.CCC.CCC.O=C=O.[Y]. The Bertz CT molecular complexity index is 401. The van der Waals surface area contributed by atoms with Gasteiger partial charge in [-0.1, -0.05) is 88.5 Å². The van der Waals surface area contributed by atoms with Crippen LogP contribution in [0.15, 0.2) is 0 Å². The van der Waals surface area contributed by atoms with Gasteiger partial charge in [0.15, 0.2) is 0 Å². The van der Waals surface area contributed by atoms with Crippen molar-refractivity contribution >= 4 is 23.7 Å². The van der Waals surface area contributed by atoms with E-state index in [0.29, 0.717) is 6.42 Å². The largest absolute Gasteiger partial charge is 0.481 e. The maximum Gasteiger partial charge on any atom is 0.373 e. The van der Waals surface area contributed by atoms with E-state index in [2.05, 4.69) is 27.7 Å². The first-order valence-corrected chi connectivity index (χ1v) is 9.42. The molecule has 0 spiro atoms. The fourth-order valence-electron chi connectivity index (χ4n) is 2.14. The Hall–Kier alpha value is -0.706. The van der Waals surface area contributed by atoms with Crippen LogP contribution in [0.3, 0.4) is 0 Å². The van der Waals surface area contributed by atoms with Gasteiger partial charge in [-0.05, 0) is 20.3 Å². The molecule has 0 aromatic rings. The molecule has 0 aliphatic heterocycles. The van der Waals surface area contributed by atoms with E-state index in [4.69, 9.17) is 14.7 Å². The van der Waals surface area contributed by atoms with Crippen molar-refractivity contribution in [1.82, 2.24) is 0 Å². The van der Waals surface area contributed by atoms with E-state index in [1.54, 1.807) is 0 Å². The molecule has 2 saturated carbocycles. The van der Waals surface area contributed by atoms with Crippen LogP contribution in [0, 0.1) is 17.8 Å². The number of carbonyl (C=O) groups excluding carboxylic acids is 4. The normalized spacial score (nSPS) is 18.5.